The second-order valence-electron chi connectivity index (χ2n) is 3.86. The van der Waals surface area contributed by atoms with Gasteiger partial charge in [0.2, 0.25) is 10.0 Å². The van der Waals surface area contributed by atoms with E-state index in [1.54, 1.807) is 6.07 Å². The van der Waals surface area contributed by atoms with Gasteiger partial charge in [0, 0.05) is 28.9 Å². The third-order valence-electron chi connectivity index (χ3n) is 2.49. The fourth-order valence-corrected chi connectivity index (χ4v) is 4.75. The first-order valence-electron chi connectivity index (χ1n) is 4.74. The summed E-state index contributed by atoms with van der Waals surface area (Å²) in [7, 11) is -3.28. The first kappa shape index (κ1) is 11.1. The highest BCUT2D eigenvalue weighted by Gasteiger charge is 2.35. The van der Waals surface area contributed by atoms with E-state index < -0.39 is 10.0 Å². The zero-order valence-electron chi connectivity index (χ0n) is 8.73. The van der Waals surface area contributed by atoms with Gasteiger partial charge >= 0.3 is 0 Å². The minimum Gasteiger partial charge on any atom is -0.325 e. The van der Waals surface area contributed by atoms with Gasteiger partial charge in [-0.25, -0.2) is 8.42 Å². The van der Waals surface area contributed by atoms with Crippen molar-refractivity contribution in [2.75, 3.05) is 13.1 Å². The maximum Gasteiger partial charge on any atom is 0.244 e. The van der Waals surface area contributed by atoms with Gasteiger partial charge in [0.25, 0.3) is 0 Å². The third-order valence-corrected chi connectivity index (χ3v) is 5.54. The molecule has 1 aliphatic rings. The van der Waals surface area contributed by atoms with E-state index in [-0.39, 0.29) is 6.04 Å². The summed E-state index contributed by atoms with van der Waals surface area (Å²) >= 11 is 1.51. The molecule has 2 heterocycles. The van der Waals surface area contributed by atoms with Gasteiger partial charge in [-0.2, -0.15) is 4.31 Å². The van der Waals surface area contributed by atoms with Crippen LogP contribution in [0.4, 0.5) is 0 Å². The van der Waals surface area contributed by atoms with Crippen LogP contribution in [0.15, 0.2) is 11.0 Å². The fraction of sp³-hybridized carbons (Fsp3) is 0.556. The Balaban J connectivity index is 2.34. The fourth-order valence-electron chi connectivity index (χ4n) is 1.67. The summed E-state index contributed by atoms with van der Waals surface area (Å²) in [5.74, 6) is 0. The normalized spacial score (nSPS) is 19.1. The molecule has 4 nitrogen and oxygen atoms in total. The third kappa shape index (κ3) is 1.82. The number of sulfonamides is 1. The lowest BCUT2D eigenvalue weighted by atomic mass is 10.2. The van der Waals surface area contributed by atoms with Crippen LogP contribution in [-0.2, 0) is 10.0 Å². The number of rotatable bonds is 2. The molecule has 0 bridgehead atoms. The van der Waals surface area contributed by atoms with Crippen molar-refractivity contribution in [3.05, 3.63) is 15.8 Å². The van der Waals surface area contributed by atoms with Crippen LogP contribution < -0.4 is 5.73 Å². The van der Waals surface area contributed by atoms with Gasteiger partial charge in [-0.1, -0.05) is 0 Å². The second-order valence-corrected chi connectivity index (χ2v) is 7.23. The maximum absolute atomic E-state index is 12.1. The molecule has 2 rings (SSSR count). The van der Waals surface area contributed by atoms with E-state index >= 15 is 0 Å². The Bertz CT molecular complexity index is 472. The molecule has 84 valence electrons. The standard InChI is InChI=1S/C9H14N2O2S2/c1-6-3-9(7(2)14-6)15(12,13)11-4-8(10)5-11/h3,8H,4-5,10H2,1-2H3. The van der Waals surface area contributed by atoms with Gasteiger partial charge < -0.3 is 5.73 Å². The Hall–Kier alpha value is -0.430. The first-order chi connectivity index (χ1) is 6.91. The molecule has 1 aromatic heterocycles. The van der Waals surface area contributed by atoms with Gasteiger partial charge in [0.1, 0.15) is 0 Å². The summed E-state index contributed by atoms with van der Waals surface area (Å²) in [6, 6.07) is 1.74. The van der Waals surface area contributed by atoms with E-state index in [0.29, 0.717) is 18.0 Å². The summed E-state index contributed by atoms with van der Waals surface area (Å²) in [5, 5.41) is 0. The molecule has 0 unspecified atom stereocenters. The minimum absolute atomic E-state index is 0.000172. The molecular weight excluding hydrogens is 232 g/mol. The molecule has 1 aromatic rings. The average Bonchev–Trinajstić information content (AvgIpc) is 2.40. The Kier molecular flexibility index (Phi) is 2.62. The van der Waals surface area contributed by atoms with E-state index in [9.17, 15) is 8.42 Å². The average molecular weight is 246 g/mol. The molecule has 0 atom stereocenters. The second kappa shape index (κ2) is 3.55. The summed E-state index contributed by atoms with van der Waals surface area (Å²) in [6.45, 7) is 4.64. The van der Waals surface area contributed by atoms with Crippen LogP contribution in [0.25, 0.3) is 0 Å². The Morgan fingerprint density at radius 2 is 2.07 bits per heavy atom. The molecule has 6 heteroatoms. The summed E-state index contributed by atoms with van der Waals surface area (Å²) in [4.78, 5) is 2.32. The number of aryl methyl sites for hydroxylation is 2. The zero-order valence-corrected chi connectivity index (χ0v) is 10.4. The minimum atomic E-state index is -3.28. The molecule has 1 fully saturated rings. The highest BCUT2D eigenvalue weighted by molar-refractivity contribution is 7.89. The Morgan fingerprint density at radius 1 is 1.47 bits per heavy atom. The highest BCUT2D eigenvalue weighted by atomic mass is 32.2. The number of nitrogens with zero attached hydrogens (tertiary/aromatic N) is 1. The molecule has 0 amide bonds. The van der Waals surface area contributed by atoms with E-state index in [1.807, 2.05) is 13.8 Å². The van der Waals surface area contributed by atoms with Crippen LogP contribution in [0.3, 0.4) is 0 Å². The predicted molar refractivity (Wildman–Crippen MR) is 60.5 cm³/mol. The largest absolute Gasteiger partial charge is 0.325 e. The van der Waals surface area contributed by atoms with Gasteiger partial charge in [0.15, 0.2) is 0 Å². The molecule has 1 aliphatic heterocycles. The highest BCUT2D eigenvalue weighted by Crippen LogP contribution is 2.29. The quantitative estimate of drug-likeness (QED) is 0.835. The zero-order chi connectivity index (χ0) is 11.2. The van der Waals surface area contributed by atoms with Crippen molar-refractivity contribution in [2.24, 2.45) is 5.73 Å². The van der Waals surface area contributed by atoms with Crippen molar-refractivity contribution in [1.82, 2.24) is 4.31 Å². The van der Waals surface area contributed by atoms with Crippen molar-refractivity contribution in [3.63, 3.8) is 0 Å². The van der Waals surface area contributed by atoms with Crippen molar-refractivity contribution in [2.45, 2.75) is 24.8 Å². The maximum atomic E-state index is 12.1. The van der Waals surface area contributed by atoms with Crippen molar-refractivity contribution in [3.8, 4) is 0 Å². The summed E-state index contributed by atoms with van der Waals surface area (Å²) in [6.07, 6.45) is 0. The van der Waals surface area contributed by atoms with Crippen molar-refractivity contribution >= 4 is 21.4 Å². The lowest BCUT2D eigenvalue weighted by Crippen LogP contribution is -2.57. The monoisotopic (exact) mass is 246 g/mol. The summed E-state index contributed by atoms with van der Waals surface area (Å²) < 4.78 is 25.6. The summed E-state index contributed by atoms with van der Waals surface area (Å²) in [5.41, 5.74) is 5.58. The van der Waals surface area contributed by atoms with Crippen LogP contribution in [0.2, 0.25) is 0 Å². The molecule has 0 radical (unpaired) electrons. The van der Waals surface area contributed by atoms with Crippen LogP contribution in [0.5, 0.6) is 0 Å². The molecular formula is C9H14N2O2S2. The van der Waals surface area contributed by atoms with E-state index in [1.165, 1.54) is 15.6 Å². The lowest BCUT2D eigenvalue weighted by molar-refractivity contribution is 0.265. The van der Waals surface area contributed by atoms with Gasteiger partial charge in [0.05, 0.1) is 4.90 Å². The van der Waals surface area contributed by atoms with Crippen LogP contribution >= 0.6 is 11.3 Å². The van der Waals surface area contributed by atoms with Gasteiger partial charge in [-0.3, -0.25) is 0 Å². The van der Waals surface area contributed by atoms with E-state index in [2.05, 4.69) is 0 Å². The van der Waals surface area contributed by atoms with E-state index in [0.717, 1.165) is 9.75 Å². The first-order valence-corrected chi connectivity index (χ1v) is 6.99. The lowest BCUT2D eigenvalue weighted by Gasteiger charge is -2.35. The van der Waals surface area contributed by atoms with Crippen molar-refractivity contribution in [1.29, 1.82) is 0 Å². The van der Waals surface area contributed by atoms with Crippen LogP contribution in [0, 0.1) is 13.8 Å². The Morgan fingerprint density at radius 3 is 2.47 bits per heavy atom. The molecule has 0 saturated carbocycles. The van der Waals surface area contributed by atoms with Gasteiger partial charge in [-0.15, -0.1) is 11.3 Å². The molecule has 0 spiro atoms. The smallest absolute Gasteiger partial charge is 0.244 e. The molecule has 1 saturated heterocycles. The van der Waals surface area contributed by atoms with Gasteiger partial charge in [-0.05, 0) is 19.9 Å². The predicted octanol–water partition coefficient (Wildman–Crippen LogP) is 0.697. The van der Waals surface area contributed by atoms with Crippen LogP contribution in [-0.4, -0.2) is 31.9 Å². The molecule has 2 N–H and O–H groups in total. The number of nitrogens with two attached hydrogens (primary N) is 1. The number of hydrogen-bond donors (Lipinski definition) is 1. The number of hydrogen-bond acceptors (Lipinski definition) is 4. The number of thiophene rings is 1. The Labute approximate surface area is 93.8 Å². The van der Waals surface area contributed by atoms with E-state index in [4.69, 9.17) is 5.73 Å². The SMILES string of the molecule is Cc1cc(S(=O)(=O)N2CC(N)C2)c(C)s1. The molecule has 0 aliphatic carbocycles. The van der Waals surface area contributed by atoms with Crippen molar-refractivity contribution < 1.29 is 8.42 Å². The molecule has 15 heavy (non-hydrogen) atoms. The molecule has 0 aromatic carbocycles. The van der Waals surface area contributed by atoms with Crippen LogP contribution in [0.1, 0.15) is 9.75 Å². The topological polar surface area (TPSA) is 63.4 Å².